The average Bonchev–Trinajstić information content (AvgIpc) is 2.55. The van der Waals surface area contributed by atoms with E-state index in [0.717, 1.165) is 17.2 Å². The quantitative estimate of drug-likeness (QED) is 0.487. The van der Waals surface area contributed by atoms with Crippen LogP contribution in [0.15, 0.2) is 73.3 Å². The molecule has 0 N–H and O–H groups in total. The summed E-state index contributed by atoms with van der Waals surface area (Å²) < 4.78 is 4.14. The number of carbonyl (C=O) groups is 2. The number of esters is 1. The van der Waals surface area contributed by atoms with Crippen molar-refractivity contribution in [1.82, 2.24) is 0 Å². The Kier molecular flexibility index (Phi) is 6.48. The van der Waals surface area contributed by atoms with Crippen LogP contribution in [0.3, 0.4) is 0 Å². The number of ether oxygens (including phenoxy) is 1. The molecule has 0 fully saturated rings. The number of rotatable bonds is 3. The number of methoxy groups -OCH3 is 1. The third-order valence-corrected chi connectivity index (χ3v) is 2.44. The zero-order valence-corrected chi connectivity index (χ0v) is 11.3. The molecule has 0 aliphatic rings. The first-order valence-corrected chi connectivity index (χ1v) is 6.04. The predicted molar refractivity (Wildman–Crippen MR) is 78.5 cm³/mol. The molecular weight excluding hydrogens is 252 g/mol. The lowest BCUT2D eigenvalue weighted by Crippen LogP contribution is -1.99. The zero-order chi connectivity index (χ0) is 14.8. The van der Waals surface area contributed by atoms with Crippen molar-refractivity contribution in [3.05, 3.63) is 84.4 Å². The Morgan fingerprint density at radius 1 is 0.900 bits per heavy atom. The largest absolute Gasteiger partial charge is 0.466 e. The molecule has 0 saturated heterocycles. The minimum absolute atomic E-state index is 0.0752. The second kappa shape index (κ2) is 8.43. The molecule has 2 aromatic rings. The molecule has 0 amide bonds. The molecular formula is C17H16O3. The van der Waals surface area contributed by atoms with Crippen LogP contribution in [0, 0.1) is 0 Å². The second-order valence-electron chi connectivity index (χ2n) is 3.79. The van der Waals surface area contributed by atoms with Crippen molar-refractivity contribution in [2.24, 2.45) is 0 Å². The maximum absolute atomic E-state index is 11.8. The lowest BCUT2D eigenvalue weighted by atomic mass is 10.0. The highest BCUT2D eigenvalue weighted by Crippen LogP contribution is 2.08. The normalized spacial score (nSPS) is 8.85. The summed E-state index contributed by atoms with van der Waals surface area (Å²) in [5.74, 6) is -0.318. The molecule has 0 bridgehead atoms. The van der Waals surface area contributed by atoms with Gasteiger partial charge < -0.3 is 4.74 Å². The van der Waals surface area contributed by atoms with E-state index in [1.807, 2.05) is 60.7 Å². The first-order chi connectivity index (χ1) is 9.69. The number of hydrogen-bond donors (Lipinski definition) is 0. The number of benzene rings is 2. The van der Waals surface area contributed by atoms with Crippen molar-refractivity contribution in [2.45, 2.75) is 0 Å². The van der Waals surface area contributed by atoms with E-state index < -0.39 is 5.97 Å². The van der Waals surface area contributed by atoms with Crippen LogP contribution in [0.5, 0.6) is 0 Å². The van der Waals surface area contributed by atoms with E-state index in [2.05, 4.69) is 11.3 Å². The van der Waals surface area contributed by atoms with Crippen LogP contribution in [-0.4, -0.2) is 18.9 Å². The van der Waals surface area contributed by atoms with Gasteiger partial charge in [0, 0.05) is 17.2 Å². The average molecular weight is 268 g/mol. The smallest absolute Gasteiger partial charge is 0.329 e. The van der Waals surface area contributed by atoms with Crippen molar-refractivity contribution in [2.75, 3.05) is 7.11 Å². The second-order valence-corrected chi connectivity index (χ2v) is 3.79. The molecule has 0 aromatic heterocycles. The van der Waals surface area contributed by atoms with Crippen molar-refractivity contribution < 1.29 is 14.3 Å². The van der Waals surface area contributed by atoms with Crippen LogP contribution in [-0.2, 0) is 9.53 Å². The lowest BCUT2D eigenvalue weighted by molar-refractivity contribution is -0.134. The number of carbonyl (C=O) groups excluding carboxylic acids is 2. The standard InChI is InChI=1S/C13H10O.C4H6O2/c14-13(11-7-3-1-4-8-11)12-9-5-2-6-10-12;1-3-4(5)6-2/h1-10H;3H,1H2,2H3. The van der Waals surface area contributed by atoms with Gasteiger partial charge in [0.2, 0.25) is 0 Å². The van der Waals surface area contributed by atoms with Gasteiger partial charge in [0.15, 0.2) is 5.78 Å². The molecule has 2 aromatic carbocycles. The van der Waals surface area contributed by atoms with E-state index in [0.29, 0.717) is 0 Å². The Hall–Kier alpha value is -2.68. The predicted octanol–water partition coefficient (Wildman–Crippen LogP) is 3.26. The van der Waals surface area contributed by atoms with Crippen molar-refractivity contribution in [1.29, 1.82) is 0 Å². The Bertz CT molecular complexity index is 518. The summed E-state index contributed by atoms with van der Waals surface area (Å²) in [4.78, 5) is 21.7. The summed E-state index contributed by atoms with van der Waals surface area (Å²) in [5.41, 5.74) is 1.47. The van der Waals surface area contributed by atoms with Gasteiger partial charge in [-0.2, -0.15) is 0 Å². The summed E-state index contributed by atoms with van der Waals surface area (Å²) in [7, 11) is 1.31. The SMILES string of the molecule is C=CC(=O)OC.O=C(c1ccccc1)c1ccccc1. The van der Waals surface area contributed by atoms with Gasteiger partial charge >= 0.3 is 5.97 Å². The maximum Gasteiger partial charge on any atom is 0.329 e. The maximum atomic E-state index is 11.8. The van der Waals surface area contributed by atoms with Crippen LogP contribution in [0.25, 0.3) is 0 Å². The highest BCUT2D eigenvalue weighted by Gasteiger charge is 2.06. The molecule has 3 heteroatoms. The minimum atomic E-state index is -0.394. The van der Waals surface area contributed by atoms with E-state index in [1.54, 1.807) is 0 Å². The molecule has 20 heavy (non-hydrogen) atoms. The van der Waals surface area contributed by atoms with Crippen LogP contribution in [0.4, 0.5) is 0 Å². The monoisotopic (exact) mass is 268 g/mol. The van der Waals surface area contributed by atoms with Gasteiger partial charge in [-0.15, -0.1) is 0 Å². The third kappa shape index (κ3) is 4.90. The minimum Gasteiger partial charge on any atom is -0.466 e. The van der Waals surface area contributed by atoms with Gasteiger partial charge in [-0.05, 0) is 0 Å². The topological polar surface area (TPSA) is 43.4 Å². The fourth-order valence-electron chi connectivity index (χ4n) is 1.43. The zero-order valence-electron chi connectivity index (χ0n) is 11.3. The van der Waals surface area contributed by atoms with Gasteiger partial charge in [-0.1, -0.05) is 67.2 Å². The highest BCUT2D eigenvalue weighted by atomic mass is 16.5. The Morgan fingerprint density at radius 3 is 1.55 bits per heavy atom. The van der Waals surface area contributed by atoms with Gasteiger partial charge in [-0.25, -0.2) is 4.79 Å². The molecule has 0 aliphatic carbocycles. The van der Waals surface area contributed by atoms with E-state index in [-0.39, 0.29) is 5.78 Å². The van der Waals surface area contributed by atoms with Crippen molar-refractivity contribution in [3.63, 3.8) is 0 Å². The Balaban J connectivity index is 0.000000286. The fourth-order valence-corrected chi connectivity index (χ4v) is 1.43. The molecule has 0 spiro atoms. The molecule has 0 saturated carbocycles. The van der Waals surface area contributed by atoms with E-state index >= 15 is 0 Å². The number of ketones is 1. The number of hydrogen-bond acceptors (Lipinski definition) is 3. The first-order valence-electron chi connectivity index (χ1n) is 6.04. The van der Waals surface area contributed by atoms with Crippen LogP contribution in [0.1, 0.15) is 15.9 Å². The summed E-state index contributed by atoms with van der Waals surface area (Å²) in [5, 5.41) is 0. The molecule has 2 rings (SSSR count). The molecule has 0 heterocycles. The molecule has 3 nitrogen and oxygen atoms in total. The van der Waals surface area contributed by atoms with Gasteiger partial charge in [0.05, 0.1) is 7.11 Å². The van der Waals surface area contributed by atoms with E-state index in [9.17, 15) is 9.59 Å². The summed E-state index contributed by atoms with van der Waals surface area (Å²) in [6, 6.07) is 18.6. The summed E-state index contributed by atoms with van der Waals surface area (Å²) in [6.45, 7) is 3.16. The highest BCUT2D eigenvalue weighted by molar-refractivity contribution is 6.08. The molecule has 0 unspecified atom stereocenters. The summed E-state index contributed by atoms with van der Waals surface area (Å²) in [6.07, 6.45) is 1.11. The molecule has 0 aliphatic heterocycles. The van der Waals surface area contributed by atoms with E-state index in [1.165, 1.54) is 7.11 Å². The van der Waals surface area contributed by atoms with Crippen LogP contribution < -0.4 is 0 Å². The molecule has 102 valence electrons. The first kappa shape index (κ1) is 15.4. The van der Waals surface area contributed by atoms with Crippen LogP contribution in [0.2, 0.25) is 0 Å². The van der Waals surface area contributed by atoms with Crippen LogP contribution >= 0.6 is 0 Å². The van der Waals surface area contributed by atoms with Gasteiger partial charge in [0.25, 0.3) is 0 Å². The Morgan fingerprint density at radius 2 is 1.30 bits per heavy atom. The lowest BCUT2D eigenvalue weighted by Gasteiger charge is -1.99. The fraction of sp³-hybridized carbons (Fsp3) is 0.0588. The van der Waals surface area contributed by atoms with E-state index in [4.69, 9.17) is 0 Å². The Labute approximate surface area is 118 Å². The third-order valence-electron chi connectivity index (χ3n) is 2.44. The van der Waals surface area contributed by atoms with Gasteiger partial charge in [-0.3, -0.25) is 4.79 Å². The van der Waals surface area contributed by atoms with Gasteiger partial charge in [0.1, 0.15) is 0 Å². The molecule has 0 atom stereocenters. The van der Waals surface area contributed by atoms with Crippen molar-refractivity contribution >= 4 is 11.8 Å². The molecule has 0 radical (unpaired) electrons. The van der Waals surface area contributed by atoms with Crippen molar-refractivity contribution in [3.8, 4) is 0 Å². The summed E-state index contributed by atoms with van der Waals surface area (Å²) >= 11 is 0.